The Labute approximate surface area is 164 Å². The smallest absolute Gasteiger partial charge is 0.220 e. The van der Waals surface area contributed by atoms with E-state index in [9.17, 15) is 4.79 Å². The zero-order valence-electron chi connectivity index (χ0n) is 15.6. The number of nitrogens with zero attached hydrogens (tertiary/aromatic N) is 1. The molecule has 6 heteroatoms. The largest absolute Gasteiger partial charge is 0.352 e. The van der Waals surface area contributed by atoms with Crippen LogP contribution in [0.4, 0.5) is 0 Å². The van der Waals surface area contributed by atoms with Gasteiger partial charge in [0.1, 0.15) is 0 Å². The lowest BCUT2D eigenvalue weighted by Gasteiger charge is -2.28. The summed E-state index contributed by atoms with van der Waals surface area (Å²) < 4.78 is 0. The van der Waals surface area contributed by atoms with Gasteiger partial charge in [0.25, 0.3) is 0 Å². The minimum atomic E-state index is 0. The third-order valence-electron chi connectivity index (χ3n) is 4.63. The number of piperidine rings is 1. The molecule has 25 heavy (non-hydrogen) atoms. The topological polar surface area (TPSA) is 44.4 Å². The monoisotopic (exact) mass is 389 g/mol. The summed E-state index contributed by atoms with van der Waals surface area (Å²) in [7, 11) is 4.13. The number of benzene rings is 1. The maximum Gasteiger partial charge on any atom is 0.220 e. The van der Waals surface area contributed by atoms with Gasteiger partial charge in [-0.15, -0.1) is 24.8 Å². The predicted molar refractivity (Wildman–Crippen MR) is 110 cm³/mol. The zero-order chi connectivity index (χ0) is 16.7. The SMILES string of the molecule is CC(CC(=O)NCc1cccc(CN(C)C)c1)C1CCCNC1.Cl.Cl. The summed E-state index contributed by atoms with van der Waals surface area (Å²) in [6, 6.07) is 8.45. The fraction of sp³-hybridized carbons (Fsp3) is 0.632. The summed E-state index contributed by atoms with van der Waals surface area (Å²) in [6.45, 7) is 5.93. The lowest BCUT2D eigenvalue weighted by Crippen LogP contribution is -2.35. The molecule has 1 amide bonds. The summed E-state index contributed by atoms with van der Waals surface area (Å²) in [4.78, 5) is 14.3. The average molecular weight is 390 g/mol. The van der Waals surface area contributed by atoms with Gasteiger partial charge in [0.2, 0.25) is 5.91 Å². The second kappa shape index (κ2) is 12.5. The van der Waals surface area contributed by atoms with Crippen LogP contribution in [0, 0.1) is 11.8 Å². The van der Waals surface area contributed by atoms with E-state index >= 15 is 0 Å². The van der Waals surface area contributed by atoms with Crippen LogP contribution in [-0.2, 0) is 17.9 Å². The van der Waals surface area contributed by atoms with Crippen LogP contribution in [0.15, 0.2) is 24.3 Å². The Hall–Kier alpha value is -0.810. The maximum atomic E-state index is 12.2. The number of hydrogen-bond acceptors (Lipinski definition) is 3. The molecule has 1 aromatic carbocycles. The zero-order valence-corrected chi connectivity index (χ0v) is 17.2. The quantitative estimate of drug-likeness (QED) is 0.751. The predicted octanol–water partition coefficient (Wildman–Crippen LogP) is 3.23. The molecule has 1 saturated heterocycles. The first-order valence-electron chi connectivity index (χ1n) is 8.74. The van der Waals surface area contributed by atoms with E-state index in [1.165, 1.54) is 24.0 Å². The summed E-state index contributed by atoms with van der Waals surface area (Å²) >= 11 is 0. The molecule has 0 spiro atoms. The number of nitrogens with one attached hydrogen (secondary N) is 2. The average Bonchev–Trinajstić information content (AvgIpc) is 2.53. The molecule has 2 rings (SSSR count). The minimum Gasteiger partial charge on any atom is -0.352 e. The first kappa shape index (κ1) is 24.2. The van der Waals surface area contributed by atoms with Crippen LogP contribution >= 0.6 is 24.8 Å². The van der Waals surface area contributed by atoms with Gasteiger partial charge in [-0.1, -0.05) is 31.2 Å². The van der Waals surface area contributed by atoms with Gasteiger partial charge in [0.05, 0.1) is 0 Å². The first-order chi connectivity index (χ1) is 11.0. The Morgan fingerprint density at radius 2 is 2.04 bits per heavy atom. The number of carbonyl (C=O) groups excluding carboxylic acids is 1. The van der Waals surface area contributed by atoms with E-state index in [2.05, 4.69) is 60.8 Å². The molecule has 2 atom stereocenters. The molecule has 1 aromatic rings. The van der Waals surface area contributed by atoms with Crippen molar-refractivity contribution in [3.63, 3.8) is 0 Å². The van der Waals surface area contributed by atoms with E-state index in [0.717, 1.165) is 19.6 Å². The van der Waals surface area contributed by atoms with Crippen LogP contribution in [0.1, 0.15) is 37.3 Å². The van der Waals surface area contributed by atoms with Gasteiger partial charge in [-0.05, 0) is 63.0 Å². The number of amides is 1. The van der Waals surface area contributed by atoms with Crippen molar-refractivity contribution in [3.8, 4) is 0 Å². The van der Waals surface area contributed by atoms with Gasteiger partial charge < -0.3 is 15.5 Å². The lowest BCUT2D eigenvalue weighted by molar-refractivity contribution is -0.122. The molecule has 144 valence electrons. The van der Waals surface area contributed by atoms with Crippen LogP contribution in [0.25, 0.3) is 0 Å². The number of hydrogen-bond donors (Lipinski definition) is 2. The Bertz CT molecular complexity index is 505. The van der Waals surface area contributed by atoms with E-state index in [-0.39, 0.29) is 30.7 Å². The van der Waals surface area contributed by atoms with Gasteiger partial charge in [0.15, 0.2) is 0 Å². The van der Waals surface area contributed by atoms with E-state index in [0.29, 0.717) is 24.8 Å². The fourth-order valence-corrected chi connectivity index (χ4v) is 3.30. The van der Waals surface area contributed by atoms with Gasteiger partial charge in [0, 0.05) is 19.5 Å². The normalized spacial score (nSPS) is 18.0. The van der Waals surface area contributed by atoms with Crippen molar-refractivity contribution in [1.29, 1.82) is 0 Å². The third kappa shape index (κ3) is 8.91. The Morgan fingerprint density at radius 1 is 1.32 bits per heavy atom. The van der Waals surface area contributed by atoms with Gasteiger partial charge in [-0.2, -0.15) is 0 Å². The summed E-state index contributed by atoms with van der Waals surface area (Å²) in [5.41, 5.74) is 2.45. The Kier molecular flexibility index (Phi) is 12.1. The molecule has 2 unspecified atom stereocenters. The van der Waals surface area contributed by atoms with Crippen LogP contribution in [0.3, 0.4) is 0 Å². The highest BCUT2D eigenvalue weighted by Crippen LogP contribution is 2.22. The van der Waals surface area contributed by atoms with Crippen LogP contribution < -0.4 is 10.6 Å². The van der Waals surface area contributed by atoms with Gasteiger partial charge in [-0.25, -0.2) is 0 Å². The van der Waals surface area contributed by atoms with Crippen molar-refractivity contribution in [2.45, 2.75) is 39.3 Å². The number of carbonyl (C=O) groups is 1. The van der Waals surface area contributed by atoms with Crippen molar-refractivity contribution in [2.24, 2.45) is 11.8 Å². The van der Waals surface area contributed by atoms with Gasteiger partial charge in [-0.3, -0.25) is 4.79 Å². The second-order valence-electron chi connectivity index (χ2n) is 7.12. The molecule has 1 fully saturated rings. The van der Waals surface area contributed by atoms with E-state index in [1.54, 1.807) is 0 Å². The fourth-order valence-electron chi connectivity index (χ4n) is 3.30. The molecule has 0 aliphatic carbocycles. The summed E-state index contributed by atoms with van der Waals surface area (Å²) in [5.74, 6) is 1.25. The lowest BCUT2D eigenvalue weighted by atomic mass is 9.85. The van der Waals surface area contributed by atoms with Crippen molar-refractivity contribution in [3.05, 3.63) is 35.4 Å². The molecule has 1 aliphatic heterocycles. The third-order valence-corrected chi connectivity index (χ3v) is 4.63. The highest BCUT2D eigenvalue weighted by molar-refractivity contribution is 5.85. The Balaban J connectivity index is 0.00000288. The van der Waals surface area contributed by atoms with Crippen molar-refractivity contribution < 1.29 is 4.79 Å². The van der Waals surface area contributed by atoms with Crippen molar-refractivity contribution in [1.82, 2.24) is 15.5 Å². The molecule has 1 aliphatic rings. The molecule has 1 heterocycles. The van der Waals surface area contributed by atoms with Crippen LogP contribution in [0.5, 0.6) is 0 Å². The number of halogens is 2. The second-order valence-corrected chi connectivity index (χ2v) is 7.12. The molecule has 0 bridgehead atoms. The van der Waals surface area contributed by atoms with Gasteiger partial charge >= 0.3 is 0 Å². The molecular formula is C19H33Cl2N3O. The first-order valence-corrected chi connectivity index (χ1v) is 8.74. The maximum absolute atomic E-state index is 12.2. The molecule has 4 nitrogen and oxygen atoms in total. The molecular weight excluding hydrogens is 357 g/mol. The minimum absolute atomic E-state index is 0. The Morgan fingerprint density at radius 3 is 2.68 bits per heavy atom. The van der Waals surface area contributed by atoms with E-state index in [4.69, 9.17) is 0 Å². The molecule has 0 radical (unpaired) electrons. The van der Waals surface area contributed by atoms with Crippen molar-refractivity contribution in [2.75, 3.05) is 27.2 Å². The molecule has 0 aromatic heterocycles. The highest BCUT2D eigenvalue weighted by Gasteiger charge is 2.21. The highest BCUT2D eigenvalue weighted by atomic mass is 35.5. The summed E-state index contributed by atoms with van der Waals surface area (Å²) in [5, 5.41) is 6.51. The number of rotatable bonds is 7. The standard InChI is InChI=1S/C19H31N3O.2ClH/c1-15(18-8-5-9-20-13-18)10-19(23)21-12-16-6-4-7-17(11-16)14-22(2)3;;/h4,6-7,11,15,18,20H,5,8-10,12-14H2,1-3H3,(H,21,23);2*1H. The summed E-state index contributed by atoms with van der Waals surface area (Å²) in [6.07, 6.45) is 3.10. The van der Waals surface area contributed by atoms with Crippen molar-refractivity contribution >= 4 is 30.7 Å². The van der Waals surface area contributed by atoms with E-state index in [1.807, 2.05) is 0 Å². The van der Waals surface area contributed by atoms with Crippen LogP contribution in [-0.4, -0.2) is 38.0 Å². The van der Waals surface area contributed by atoms with Crippen LogP contribution in [0.2, 0.25) is 0 Å². The molecule has 0 saturated carbocycles. The van der Waals surface area contributed by atoms with E-state index < -0.39 is 0 Å². The molecule has 2 N–H and O–H groups in total.